The zero-order chi connectivity index (χ0) is 11.4. The molecule has 0 aliphatic rings. The molecule has 0 saturated carbocycles. The lowest BCUT2D eigenvalue weighted by molar-refractivity contribution is -0.660. The maximum Gasteiger partial charge on any atom is 0.238 e. The molecule has 2 nitrogen and oxygen atoms in total. The molecule has 2 aromatic heterocycles. The van der Waals surface area contributed by atoms with Crippen LogP contribution in [0.3, 0.4) is 0 Å². The molecule has 0 amide bonds. The van der Waals surface area contributed by atoms with Gasteiger partial charge in [0.25, 0.3) is 0 Å². The molecule has 2 aromatic rings. The molecule has 0 aromatic carbocycles. The molecule has 0 aliphatic carbocycles. The third kappa shape index (κ3) is 2.01. The SMILES string of the molecule is CC=Cc1ccc[n+](C)c1-c1ccccn1. The van der Waals surface area contributed by atoms with Crippen molar-refractivity contribution < 1.29 is 4.57 Å². The van der Waals surface area contributed by atoms with Gasteiger partial charge in [-0.3, -0.25) is 0 Å². The van der Waals surface area contributed by atoms with Crippen molar-refractivity contribution in [2.75, 3.05) is 0 Å². The van der Waals surface area contributed by atoms with Gasteiger partial charge >= 0.3 is 0 Å². The average molecular weight is 211 g/mol. The average Bonchev–Trinajstić information content (AvgIpc) is 2.31. The van der Waals surface area contributed by atoms with Crippen molar-refractivity contribution >= 4 is 6.08 Å². The Morgan fingerprint density at radius 2 is 2.06 bits per heavy atom. The van der Waals surface area contributed by atoms with Gasteiger partial charge in [0.15, 0.2) is 6.20 Å². The van der Waals surface area contributed by atoms with Crippen molar-refractivity contribution in [3.8, 4) is 11.4 Å². The Kier molecular flexibility index (Phi) is 3.10. The van der Waals surface area contributed by atoms with Crippen LogP contribution in [0.15, 0.2) is 48.8 Å². The predicted octanol–water partition coefficient (Wildman–Crippen LogP) is 2.61. The van der Waals surface area contributed by atoms with E-state index in [2.05, 4.69) is 21.7 Å². The van der Waals surface area contributed by atoms with Gasteiger partial charge in [-0.05, 0) is 25.1 Å². The van der Waals surface area contributed by atoms with Gasteiger partial charge in [-0.15, -0.1) is 0 Å². The number of hydrogen-bond donors (Lipinski definition) is 0. The van der Waals surface area contributed by atoms with Crippen molar-refractivity contribution in [1.29, 1.82) is 0 Å². The summed E-state index contributed by atoms with van der Waals surface area (Å²) in [6.07, 6.45) is 8.00. The first-order chi connectivity index (χ1) is 7.83. The van der Waals surface area contributed by atoms with Gasteiger partial charge < -0.3 is 0 Å². The van der Waals surface area contributed by atoms with E-state index in [9.17, 15) is 0 Å². The summed E-state index contributed by atoms with van der Waals surface area (Å²) in [6.45, 7) is 2.02. The largest absolute Gasteiger partial charge is 0.250 e. The van der Waals surface area contributed by atoms with Crippen molar-refractivity contribution in [2.45, 2.75) is 6.92 Å². The quantitative estimate of drug-likeness (QED) is 0.698. The molecule has 0 N–H and O–H groups in total. The van der Waals surface area contributed by atoms with Crippen LogP contribution in [0.1, 0.15) is 12.5 Å². The molecule has 2 rings (SSSR count). The Morgan fingerprint density at radius 3 is 2.75 bits per heavy atom. The highest BCUT2D eigenvalue weighted by atomic mass is 14.9. The summed E-state index contributed by atoms with van der Waals surface area (Å²) in [4.78, 5) is 4.40. The second kappa shape index (κ2) is 4.71. The standard InChI is InChI=1S/C14H15N2/c1-3-7-12-8-6-11-16(2)14(12)13-9-4-5-10-15-13/h3-11H,1-2H3/q+1. The number of rotatable bonds is 2. The van der Waals surface area contributed by atoms with Crippen molar-refractivity contribution in [3.05, 3.63) is 54.4 Å². The fraction of sp³-hybridized carbons (Fsp3) is 0.143. The second-order valence-corrected chi connectivity index (χ2v) is 3.64. The summed E-state index contributed by atoms with van der Waals surface area (Å²) >= 11 is 0. The van der Waals surface area contributed by atoms with Crippen LogP contribution in [0.2, 0.25) is 0 Å². The minimum atomic E-state index is 0.999. The molecule has 2 heterocycles. The number of allylic oxidation sites excluding steroid dienone is 1. The van der Waals surface area contributed by atoms with Gasteiger partial charge in [-0.2, -0.15) is 4.57 Å². The molecule has 0 bridgehead atoms. The number of pyridine rings is 2. The molecule has 80 valence electrons. The van der Waals surface area contributed by atoms with E-state index in [4.69, 9.17) is 0 Å². The molecule has 0 unspecified atom stereocenters. The minimum Gasteiger partial charge on any atom is -0.250 e. The molecule has 0 atom stereocenters. The van der Waals surface area contributed by atoms with Crippen LogP contribution in [-0.4, -0.2) is 4.98 Å². The third-order valence-corrected chi connectivity index (χ3v) is 2.47. The molecular weight excluding hydrogens is 196 g/mol. The first kappa shape index (κ1) is 10.6. The van der Waals surface area contributed by atoms with E-state index in [0.29, 0.717) is 0 Å². The molecule has 16 heavy (non-hydrogen) atoms. The Bertz CT molecular complexity index is 501. The van der Waals surface area contributed by atoms with Gasteiger partial charge in [0.1, 0.15) is 12.7 Å². The maximum atomic E-state index is 4.40. The summed E-state index contributed by atoms with van der Waals surface area (Å²) in [5.41, 5.74) is 3.33. The van der Waals surface area contributed by atoms with Crippen LogP contribution in [0.4, 0.5) is 0 Å². The Balaban J connectivity index is 2.63. The summed E-state index contributed by atoms with van der Waals surface area (Å²) in [5.74, 6) is 0. The van der Waals surface area contributed by atoms with E-state index in [1.54, 1.807) is 0 Å². The Morgan fingerprint density at radius 1 is 1.19 bits per heavy atom. The highest BCUT2D eigenvalue weighted by Gasteiger charge is 2.14. The topological polar surface area (TPSA) is 16.8 Å². The van der Waals surface area contributed by atoms with Crippen LogP contribution in [0, 0.1) is 0 Å². The number of aryl methyl sites for hydroxylation is 1. The van der Waals surface area contributed by atoms with Crippen LogP contribution in [0.5, 0.6) is 0 Å². The first-order valence-electron chi connectivity index (χ1n) is 5.35. The molecule has 2 heteroatoms. The lowest BCUT2D eigenvalue weighted by Gasteiger charge is -2.02. The minimum absolute atomic E-state index is 0.999. The van der Waals surface area contributed by atoms with Crippen molar-refractivity contribution in [3.63, 3.8) is 0 Å². The summed E-state index contributed by atoms with van der Waals surface area (Å²) in [6, 6.07) is 10.1. The third-order valence-electron chi connectivity index (χ3n) is 2.47. The van der Waals surface area contributed by atoms with E-state index in [1.807, 2.05) is 56.7 Å². The van der Waals surface area contributed by atoms with Crippen molar-refractivity contribution in [2.24, 2.45) is 7.05 Å². The number of hydrogen-bond acceptors (Lipinski definition) is 1. The molecule has 0 spiro atoms. The van der Waals surface area contributed by atoms with Gasteiger partial charge in [0.05, 0.1) is 0 Å². The van der Waals surface area contributed by atoms with E-state index in [1.165, 1.54) is 5.56 Å². The van der Waals surface area contributed by atoms with Crippen molar-refractivity contribution in [1.82, 2.24) is 4.98 Å². The molecule has 0 aliphatic heterocycles. The molecule has 0 fully saturated rings. The van der Waals surface area contributed by atoms with Crippen LogP contribution in [0.25, 0.3) is 17.5 Å². The first-order valence-corrected chi connectivity index (χ1v) is 5.35. The number of nitrogens with zero attached hydrogens (tertiary/aromatic N) is 2. The van der Waals surface area contributed by atoms with Crippen LogP contribution in [-0.2, 0) is 7.05 Å². The Labute approximate surface area is 95.9 Å². The molecule has 0 radical (unpaired) electrons. The lowest BCUT2D eigenvalue weighted by atomic mass is 10.1. The van der Waals surface area contributed by atoms with E-state index in [0.717, 1.165) is 11.4 Å². The van der Waals surface area contributed by atoms with E-state index < -0.39 is 0 Å². The van der Waals surface area contributed by atoms with Crippen LogP contribution < -0.4 is 4.57 Å². The lowest BCUT2D eigenvalue weighted by Crippen LogP contribution is -2.31. The molecular formula is C14H15N2+. The maximum absolute atomic E-state index is 4.40. The normalized spacial score (nSPS) is 10.9. The predicted molar refractivity (Wildman–Crippen MR) is 65.6 cm³/mol. The van der Waals surface area contributed by atoms with Gasteiger partial charge in [-0.25, -0.2) is 4.98 Å². The van der Waals surface area contributed by atoms with Crippen LogP contribution >= 0.6 is 0 Å². The fourth-order valence-corrected chi connectivity index (χ4v) is 1.78. The van der Waals surface area contributed by atoms with Gasteiger partial charge in [-0.1, -0.05) is 18.2 Å². The van der Waals surface area contributed by atoms with E-state index >= 15 is 0 Å². The molecule has 0 saturated heterocycles. The Hall–Kier alpha value is -1.96. The van der Waals surface area contributed by atoms with Gasteiger partial charge in [0.2, 0.25) is 5.69 Å². The second-order valence-electron chi connectivity index (χ2n) is 3.64. The smallest absolute Gasteiger partial charge is 0.238 e. The fourth-order valence-electron chi connectivity index (χ4n) is 1.78. The highest BCUT2D eigenvalue weighted by molar-refractivity contribution is 5.66. The monoisotopic (exact) mass is 211 g/mol. The highest BCUT2D eigenvalue weighted by Crippen LogP contribution is 2.17. The summed E-state index contributed by atoms with van der Waals surface area (Å²) in [5, 5.41) is 0. The zero-order valence-electron chi connectivity index (χ0n) is 9.59. The van der Waals surface area contributed by atoms with E-state index in [-0.39, 0.29) is 0 Å². The van der Waals surface area contributed by atoms with Gasteiger partial charge in [0, 0.05) is 17.8 Å². The zero-order valence-corrected chi connectivity index (χ0v) is 9.59. The number of aromatic nitrogens is 2. The summed E-state index contributed by atoms with van der Waals surface area (Å²) < 4.78 is 2.09. The summed E-state index contributed by atoms with van der Waals surface area (Å²) in [7, 11) is 2.04.